The number of nitrogens with zero attached hydrogens (tertiary/aromatic N) is 1. The highest BCUT2D eigenvalue weighted by Crippen LogP contribution is 2.16. The summed E-state index contributed by atoms with van der Waals surface area (Å²) in [4.78, 5) is 35.9. The van der Waals surface area contributed by atoms with Crippen LogP contribution in [0, 0.1) is 17.0 Å². The minimum Gasteiger partial charge on any atom is -0.321 e. The summed E-state index contributed by atoms with van der Waals surface area (Å²) in [5.41, 5.74) is 2.27. The fourth-order valence-corrected chi connectivity index (χ4v) is 2.75. The van der Waals surface area contributed by atoms with Crippen LogP contribution in [-0.2, 0) is 4.79 Å². The first-order valence-corrected chi connectivity index (χ1v) is 9.13. The van der Waals surface area contributed by atoms with Gasteiger partial charge in [-0.25, -0.2) is 0 Å². The van der Waals surface area contributed by atoms with Crippen LogP contribution in [0.3, 0.4) is 0 Å². The van der Waals surface area contributed by atoms with Gasteiger partial charge in [0, 0.05) is 23.4 Å². The quantitative estimate of drug-likeness (QED) is 0.365. The number of aryl methyl sites for hydroxylation is 1. The van der Waals surface area contributed by atoms with E-state index in [1.165, 1.54) is 30.3 Å². The molecule has 3 aromatic rings. The molecule has 3 rings (SSSR count). The molecule has 0 aliphatic rings. The highest BCUT2D eigenvalue weighted by Gasteiger charge is 2.16. The molecule has 2 amide bonds. The van der Waals surface area contributed by atoms with E-state index in [4.69, 9.17) is 0 Å². The largest absolute Gasteiger partial charge is 0.321 e. The number of hydrogen-bond donors (Lipinski definition) is 2. The minimum absolute atomic E-state index is 0.0148. The molecule has 150 valence electrons. The average Bonchev–Trinajstić information content (AvgIpc) is 2.74. The lowest BCUT2D eigenvalue weighted by Crippen LogP contribution is -2.31. The van der Waals surface area contributed by atoms with Crippen LogP contribution in [0.2, 0.25) is 0 Å². The Morgan fingerprint density at radius 3 is 2.17 bits per heavy atom. The first kappa shape index (κ1) is 20.5. The molecule has 2 N–H and O–H groups in total. The van der Waals surface area contributed by atoms with Gasteiger partial charge in [0.15, 0.2) is 0 Å². The second kappa shape index (κ2) is 9.29. The van der Waals surface area contributed by atoms with Gasteiger partial charge in [0.05, 0.1) is 4.92 Å². The third-order valence-corrected chi connectivity index (χ3v) is 4.33. The molecule has 0 aromatic heterocycles. The van der Waals surface area contributed by atoms with Crippen LogP contribution in [0.4, 0.5) is 11.4 Å². The molecular formula is C23H19N3O4. The Bertz CT molecular complexity index is 1110. The summed E-state index contributed by atoms with van der Waals surface area (Å²) >= 11 is 0. The van der Waals surface area contributed by atoms with Crippen LogP contribution < -0.4 is 10.6 Å². The Morgan fingerprint density at radius 2 is 1.53 bits per heavy atom. The monoisotopic (exact) mass is 401 g/mol. The number of amides is 2. The van der Waals surface area contributed by atoms with Crippen molar-refractivity contribution in [2.45, 2.75) is 6.92 Å². The summed E-state index contributed by atoms with van der Waals surface area (Å²) in [6.07, 6.45) is 1.47. The summed E-state index contributed by atoms with van der Waals surface area (Å²) in [6.45, 7) is 1.80. The highest BCUT2D eigenvalue weighted by molar-refractivity contribution is 6.10. The number of carbonyl (C=O) groups excluding carboxylic acids is 2. The van der Waals surface area contributed by atoms with Crippen molar-refractivity contribution in [3.05, 3.63) is 111 Å². The number of carbonyl (C=O) groups is 2. The van der Waals surface area contributed by atoms with Gasteiger partial charge in [0.1, 0.15) is 5.70 Å². The summed E-state index contributed by atoms with van der Waals surface area (Å²) in [5, 5.41) is 16.2. The summed E-state index contributed by atoms with van der Waals surface area (Å²) in [7, 11) is 0. The minimum atomic E-state index is -0.513. The van der Waals surface area contributed by atoms with E-state index in [-0.39, 0.29) is 11.4 Å². The fourth-order valence-electron chi connectivity index (χ4n) is 2.75. The average molecular weight is 401 g/mol. The van der Waals surface area contributed by atoms with Gasteiger partial charge in [-0.1, -0.05) is 36.4 Å². The van der Waals surface area contributed by atoms with Crippen molar-refractivity contribution < 1.29 is 14.5 Å². The molecule has 7 nitrogen and oxygen atoms in total. The van der Waals surface area contributed by atoms with Gasteiger partial charge in [0.25, 0.3) is 17.5 Å². The van der Waals surface area contributed by atoms with Crippen molar-refractivity contribution in [1.82, 2.24) is 5.32 Å². The van der Waals surface area contributed by atoms with Gasteiger partial charge in [0.2, 0.25) is 0 Å². The Morgan fingerprint density at radius 1 is 0.900 bits per heavy atom. The van der Waals surface area contributed by atoms with E-state index < -0.39 is 16.7 Å². The van der Waals surface area contributed by atoms with E-state index in [2.05, 4.69) is 10.6 Å². The lowest BCUT2D eigenvalue weighted by molar-refractivity contribution is -0.384. The molecule has 0 aliphatic heterocycles. The molecule has 0 spiro atoms. The van der Waals surface area contributed by atoms with E-state index in [1.54, 1.807) is 49.4 Å². The van der Waals surface area contributed by atoms with Crippen molar-refractivity contribution in [3.63, 3.8) is 0 Å². The maximum Gasteiger partial charge on any atom is 0.272 e. The number of nitro groups is 1. The zero-order valence-corrected chi connectivity index (χ0v) is 16.2. The number of nitrogens with one attached hydrogen (secondary N) is 2. The van der Waals surface area contributed by atoms with Gasteiger partial charge < -0.3 is 10.6 Å². The second-order valence-electron chi connectivity index (χ2n) is 6.50. The molecule has 7 heteroatoms. The molecule has 0 fully saturated rings. The summed E-state index contributed by atoms with van der Waals surface area (Å²) < 4.78 is 0. The normalized spacial score (nSPS) is 10.9. The molecule has 0 atom stereocenters. The van der Waals surface area contributed by atoms with Crippen LogP contribution in [-0.4, -0.2) is 16.7 Å². The molecular weight excluding hydrogens is 382 g/mol. The van der Waals surface area contributed by atoms with Crippen molar-refractivity contribution in [2.24, 2.45) is 0 Å². The Kier molecular flexibility index (Phi) is 6.34. The van der Waals surface area contributed by atoms with Crippen LogP contribution in [0.25, 0.3) is 6.08 Å². The number of benzene rings is 3. The van der Waals surface area contributed by atoms with E-state index in [1.807, 2.05) is 12.1 Å². The van der Waals surface area contributed by atoms with E-state index in [0.717, 1.165) is 5.56 Å². The first-order chi connectivity index (χ1) is 14.4. The van der Waals surface area contributed by atoms with Crippen LogP contribution in [0.15, 0.2) is 84.6 Å². The number of rotatable bonds is 6. The molecule has 0 unspecified atom stereocenters. The van der Waals surface area contributed by atoms with Crippen molar-refractivity contribution in [1.29, 1.82) is 0 Å². The summed E-state index contributed by atoms with van der Waals surface area (Å²) in [6, 6.07) is 21.6. The fraction of sp³-hybridized carbons (Fsp3) is 0.0435. The standard InChI is InChI=1S/C23H19N3O4/c1-16-7-5-6-10-20(16)22(27)25-21(23(28)24-18-8-3-2-4-9-18)15-17-11-13-19(14-12-17)26(29)30/h2-15H,1H3,(H,24,28)(H,25,27)/b21-15+. The van der Waals surface area contributed by atoms with E-state index in [9.17, 15) is 19.7 Å². The Labute approximate surface area is 173 Å². The molecule has 0 aliphatic carbocycles. The number of nitro benzene ring substituents is 1. The molecule has 0 heterocycles. The maximum absolute atomic E-state index is 12.8. The predicted molar refractivity (Wildman–Crippen MR) is 115 cm³/mol. The number of non-ortho nitro benzene ring substituents is 1. The number of para-hydroxylation sites is 1. The van der Waals surface area contributed by atoms with Gasteiger partial charge in [-0.15, -0.1) is 0 Å². The van der Waals surface area contributed by atoms with Gasteiger partial charge in [-0.05, 0) is 54.5 Å². The first-order valence-electron chi connectivity index (χ1n) is 9.13. The zero-order valence-electron chi connectivity index (χ0n) is 16.2. The van der Waals surface area contributed by atoms with Gasteiger partial charge in [-0.2, -0.15) is 0 Å². The smallest absolute Gasteiger partial charge is 0.272 e. The van der Waals surface area contributed by atoms with Crippen molar-refractivity contribution in [2.75, 3.05) is 5.32 Å². The molecule has 0 saturated heterocycles. The Hall–Kier alpha value is -4.26. The third kappa shape index (κ3) is 5.17. The SMILES string of the molecule is Cc1ccccc1C(=O)N/C(=C/c1ccc([N+](=O)[O-])cc1)C(=O)Nc1ccccc1. The highest BCUT2D eigenvalue weighted by atomic mass is 16.6. The van der Waals surface area contributed by atoms with Crippen molar-refractivity contribution >= 4 is 29.3 Å². The van der Waals surface area contributed by atoms with Crippen LogP contribution in [0.1, 0.15) is 21.5 Å². The van der Waals surface area contributed by atoms with E-state index >= 15 is 0 Å². The predicted octanol–water partition coefficient (Wildman–Crippen LogP) is 4.31. The maximum atomic E-state index is 12.8. The van der Waals surface area contributed by atoms with Gasteiger partial charge in [-0.3, -0.25) is 19.7 Å². The molecule has 30 heavy (non-hydrogen) atoms. The van der Waals surface area contributed by atoms with Crippen LogP contribution in [0.5, 0.6) is 0 Å². The topological polar surface area (TPSA) is 101 Å². The Balaban J connectivity index is 1.91. The molecule has 0 radical (unpaired) electrons. The van der Waals surface area contributed by atoms with Crippen molar-refractivity contribution in [3.8, 4) is 0 Å². The summed E-state index contributed by atoms with van der Waals surface area (Å²) in [5.74, 6) is -0.939. The van der Waals surface area contributed by atoms with E-state index in [0.29, 0.717) is 16.8 Å². The lowest BCUT2D eigenvalue weighted by Gasteiger charge is -2.12. The van der Waals surface area contributed by atoms with Gasteiger partial charge >= 0.3 is 0 Å². The molecule has 0 bridgehead atoms. The number of anilines is 1. The molecule has 3 aromatic carbocycles. The zero-order chi connectivity index (χ0) is 21.5. The molecule has 0 saturated carbocycles. The lowest BCUT2D eigenvalue weighted by atomic mass is 10.1. The second-order valence-corrected chi connectivity index (χ2v) is 6.50. The van der Waals surface area contributed by atoms with Crippen LogP contribution >= 0.6 is 0 Å². The third-order valence-electron chi connectivity index (χ3n) is 4.33. The number of hydrogen-bond acceptors (Lipinski definition) is 4.